The highest BCUT2D eigenvalue weighted by atomic mass is 79.9. The van der Waals surface area contributed by atoms with Crippen LogP contribution in [-0.2, 0) is 6.42 Å². The van der Waals surface area contributed by atoms with Crippen molar-refractivity contribution in [1.82, 2.24) is 4.90 Å². The highest BCUT2D eigenvalue weighted by molar-refractivity contribution is 9.09. The minimum absolute atomic E-state index is 0.941. The van der Waals surface area contributed by atoms with Gasteiger partial charge in [-0.25, -0.2) is 0 Å². The van der Waals surface area contributed by atoms with E-state index < -0.39 is 0 Å². The van der Waals surface area contributed by atoms with Crippen LogP contribution in [0.4, 0.5) is 0 Å². The number of benzene rings is 1. The molecular weight excluding hydrogens is 270 g/mol. The molecule has 84 valence electrons. The standard InChI is InChI=1S/C12H18BrNS/c1-3-15-12-6-4-11(5-7-12)8-9-14(2)10-13/h4-7H,3,8-10H2,1-2H3. The van der Waals surface area contributed by atoms with Crippen molar-refractivity contribution in [2.24, 2.45) is 0 Å². The van der Waals surface area contributed by atoms with Crippen LogP contribution >= 0.6 is 27.7 Å². The summed E-state index contributed by atoms with van der Waals surface area (Å²) in [6.07, 6.45) is 1.12. The van der Waals surface area contributed by atoms with Crippen LogP contribution in [0.3, 0.4) is 0 Å². The lowest BCUT2D eigenvalue weighted by Gasteiger charge is -2.12. The van der Waals surface area contributed by atoms with Crippen molar-refractivity contribution < 1.29 is 0 Å². The first-order valence-electron chi connectivity index (χ1n) is 5.22. The van der Waals surface area contributed by atoms with Gasteiger partial charge < -0.3 is 0 Å². The van der Waals surface area contributed by atoms with Gasteiger partial charge in [0, 0.05) is 11.4 Å². The van der Waals surface area contributed by atoms with Gasteiger partial charge in [-0.3, -0.25) is 4.90 Å². The zero-order valence-electron chi connectivity index (χ0n) is 9.37. The highest BCUT2D eigenvalue weighted by Crippen LogP contribution is 2.17. The Kier molecular flexibility index (Phi) is 6.37. The Labute approximate surface area is 105 Å². The van der Waals surface area contributed by atoms with E-state index in [1.54, 1.807) is 0 Å². The van der Waals surface area contributed by atoms with Crippen LogP contribution in [0.5, 0.6) is 0 Å². The van der Waals surface area contributed by atoms with Gasteiger partial charge in [0.2, 0.25) is 0 Å². The largest absolute Gasteiger partial charge is 0.296 e. The average Bonchev–Trinajstić information content (AvgIpc) is 2.28. The van der Waals surface area contributed by atoms with Crippen LogP contribution in [0, 0.1) is 0 Å². The van der Waals surface area contributed by atoms with Crippen molar-refractivity contribution in [3.8, 4) is 0 Å². The number of nitrogens with zero attached hydrogens (tertiary/aromatic N) is 1. The number of hydrogen-bond donors (Lipinski definition) is 0. The smallest absolute Gasteiger partial charge is 0.0539 e. The molecule has 15 heavy (non-hydrogen) atoms. The molecule has 3 heteroatoms. The van der Waals surface area contributed by atoms with Crippen LogP contribution in [0.15, 0.2) is 29.2 Å². The van der Waals surface area contributed by atoms with E-state index in [1.807, 2.05) is 11.8 Å². The van der Waals surface area contributed by atoms with Gasteiger partial charge >= 0.3 is 0 Å². The summed E-state index contributed by atoms with van der Waals surface area (Å²) in [6, 6.07) is 8.91. The third kappa shape index (κ3) is 5.05. The first-order chi connectivity index (χ1) is 7.26. The molecule has 0 saturated heterocycles. The second-order valence-electron chi connectivity index (χ2n) is 3.53. The Morgan fingerprint density at radius 2 is 1.93 bits per heavy atom. The fourth-order valence-corrected chi connectivity index (χ4v) is 2.21. The second kappa shape index (κ2) is 7.31. The molecule has 1 rings (SSSR count). The first-order valence-corrected chi connectivity index (χ1v) is 7.33. The second-order valence-corrected chi connectivity index (χ2v) is 5.37. The number of thioether (sulfide) groups is 1. The summed E-state index contributed by atoms with van der Waals surface area (Å²) < 4.78 is 0. The molecule has 1 aromatic rings. The van der Waals surface area contributed by atoms with E-state index in [4.69, 9.17) is 0 Å². The van der Waals surface area contributed by atoms with Crippen LogP contribution in [-0.4, -0.2) is 29.7 Å². The number of halogens is 1. The summed E-state index contributed by atoms with van der Waals surface area (Å²) in [5, 5.41) is 0. The molecule has 0 aliphatic carbocycles. The summed E-state index contributed by atoms with van der Waals surface area (Å²) in [5.41, 5.74) is 2.36. The molecule has 0 aliphatic heterocycles. The van der Waals surface area contributed by atoms with Gasteiger partial charge in [0.25, 0.3) is 0 Å². The molecule has 0 spiro atoms. The van der Waals surface area contributed by atoms with Crippen LogP contribution in [0.1, 0.15) is 12.5 Å². The molecular formula is C12H18BrNS. The lowest BCUT2D eigenvalue weighted by Crippen LogP contribution is -2.18. The van der Waals surface area contributed by atoms with Crippen molar-refractivity contribution in [1.29, 1.82) is 0 Å². The molecule has 1 aromatic carbocycles. The molecule has 0 amide bonds. The number of hydrogen-bond acceptors (Lipinski definition) is 2. The van der Waals surface area contributed by atoms with E-state index in [2.05, 4.69) is 59.1 Å². The summed E-state index contributed by atoms with van der Waals surface area (Å²) in [6.45, 7) is 3.29. The number of alkyl halides is 1. The van der Waals surface area contributed by atoms with Crippen LogP contribution < -0.4 is 0 Å². The topological polar surface area (TPSA) is 3.24 Å². The molecule has 0 fully saturated rings. The molecule has 1 nitrogen and oxygen atoms in total. The Bertz CT molecular complexity index is 273. The molecule has 0 atom stereocenters. The molecule has 0 N–H and O–H groups in total. The summed E-state index contributed by atoms with van der Waals surface area (Å²) in [7, 11) is 2.12. The van der Waals surface area contributed by atoms with E-state index in [0.29, 0.717) is 0 Å². The number of rotatable bonds is 6. The average molecular weight is 288 g/mol. The van der Waals surface area contributed by atoms with E-state index in [1.165, 1.54) is 10.5 Å². The van der Waals surface area contributed by atoms with Crippen molar-refractivity contribution in [3.05, 3.63) is 29.8 Å². The van der Waals surface area contributed by atoms with Gasteiger partial charge in [0.05, 0.1) is 5.45 Å². The Morgan fingerprint density at radius 1 is 1.27 bits per heavy atom. The van der Waals surface area contributed by atoms with Gasteiger partial charge in [-0.15, -0.1) is 11.8 Å². The summed E-state index contributed by atoms with van der Waals surface area (Å²) in [4.78, 5) is 3.63. The molecule has 0 radical (unpaired) electrons. The van der Waals surface area contributed by atoms with Crippen LogP contribution in [0.25, 0.3) is 0 Å². The first kappa shape index (κ1) is 13.1. The highest BCUT2D eigenvalue weighted by Gasteiger charge is 1.98. The van der Waals surface area contributed by atoms with Crippen LogP contribution in [0.2, 0.25) is 0 Å². The molecule has 0 aromatic heterocycles. The molecule has 0 aliphatic rings. The van der Waals surface area contributed by atoms with Crippen molar-refractivity contribution >= 4 is 27.7 Å². The fourth-order valence-electron chi connectivity index (χ4n) is 1.30. The van der Waals surface area contributed by atoms with Gasteiger partial charge in [-0.1, -0.05) is 35.0 Å². The third-order valence-electron chi connectivity index (χ3n) is 2.22. The quantitative estimate of drug-likeness (QED) is 0.447. The Balaban J connectivity index is 2.42. The fraction of sp³-hybridized carbons (Fsp3) is 0.500. The minimum atomic E-state index is 0.941. The van der Waals surface area contributed by atoms with Gasteiger partial charge in [-0.2, -0.15) is 0 Å². The third-order valence-corrected chi connectivity index (χ3v) is 3.97. The molecule has 0 bridgehead atoms. The van der Waals surface area contributed by atoms with Gasteiger partial charge in [0.15, 0.2) is 0 Å². The minimum Gasteiger partial charge on any atom is -0.296 e. The maximum absolute atomic E-state index is 3.44. The monoisotopic (exact) mass is 287 g/mol. The Morgan fingerprint density at radius 3 is 2.47 bits per heavy atom. The van der Waals surface area contributed by atoms with E-state index in [-0.39, 0.29) is 0 Å². The van der Waals surface area contributed by atoms with Crippen molar-refractivity contribution in [2.75, 3.05) is 24.8 Å². The molecule has 0 heterocycles. The van der Waals surface area contributed by atoms with Gasteiger partial charge in [-0.05, 0) is 36.9 Å². The predicted molar refractivity (Wildman–Crippen MR) is 73.0 cm³/mol. The molecule has 0 saturated carbocycles. The van der Waals surface area contributed by atoms with Crippen molar-refractivity contribution in [2.45, 2.75) is 18.2 Å². The maximum Gasteiger partial charge on any atom is 0.0539 e. The lowest BCUT2D eigenvalue weighted by atomic mass is 10.1. The van der Waals surface area contributed by atoms with E-state index in [0.717, 1.165) is 24.2 Å². The zero-order valence-corrected chi connectivity index (χ0v) is 11.8. The maximum atomic E-state index is 3.44. The SMILES string of the molecule is CCSc1ccc(CCN(C)CBr)cc1. The number of likely N-dealkylation sites (N-methyl/N-ethyl adjacent to an activating group) is 1. The van der Waals surface area contributed by atoms with E-state index in [9.17, 15) is 0 Å². The van der Waals surface area contributed by atoms with Crippen molar-refractivity contribution in [3.63, 3.8) is 0 Å². The van der Waals surface area contributed by atoms with Gasteiger partial charge in [0.1, 0.15) is 0 Å². The zero-order chi connectivity index (χ0) is 11.1. The summed E-state index contributed by atoms with van der Waals surface area (Å²) >= 11 is 5.34. The summed E-state index contributed by atoms with van der Waals surface area (Å²) in [5.74, 6) is 1.14. The Hall–Kier alpha value is 0.01000. The van der Waals surface area contributed by atoms with E-state index >= 15 is 0 Å². The normalized spacial score (nSPS) is 10.9. The lowest BCUT2D eigenvalue weighted by molar-refractivity contribution is 0.401. The predicted octanol–water partition coefficient (Wildman–Crippen LogP) is 3.63. The molecule has 0 unspecified atom stereocenters.